The second-order valence-electron chi connectivity index (χ2n) is 5.80. The van der Waals surface area contributed by atoms with Crippen LogP contribution in [-0.4, -0.2) is 49.5 Å². The highest BCUT2D eigenvalue weighted by Crippen LogP contribution is 2.21. The maximum absolute atomic E-state index is 13.0. The number of carbonyl (C=O) groups is 2. The van der Waals surface area contributed by atoms with Crippen molar-refractivity contribution in [1.29, 1.82) is 0 Å². The monoisotopic (exact) mass is 332 g/mol. The van der Waals surface area contributed by atoms with E-state index in [1.165, 1.54) is 17.0 Å². The van der Waals surface area contributed by atoms with Gasteiger partial charge in [0.25, 0.3) is 5.91 Å². The molecule has 1 aliphatic heterocycles. The Balaban J connectivity index is 1.80. The Morgan fingerprint density at radius 3 is 2.71 bits per heavy atom. The molecule has 1 fully saturated rings. The van der Waals surface area contributed by atoms with Crippen LogP contribution in [0.1, 0.15) is 34.6 Å². The van der Waals surface area contributed by atoms with Crippen molar-refractivity contribution in [2.75, 3.05) is 6.54 Å². The minimum atomic E-state index is -1.00. The minimum absolute atomic E-state index is 0.158. The number of aromatic nitrogens is 3. The van der Waals surface area contributed by atoms with Crippen molar-refractivity contribution in [3.8, 4) is 0 Å². The molecule has 0 bridgehead atoms. The number of nitrogens with zero attached hydrogens (tertiary/aromatic N) is 4. The Morgan fingerprint density at radius 1 is 1.33 bits per heavy atom. The van der Waals surface area contributed by atoms with Gasteiger partial charge in [-0.15, -0.1) is 5.10 Å². The molecule has 3 rings (SSSR count). The lowest BCUT2D eigenvalue weighted by molar-refractivity contribution is -0.141. The average Bonchev–Trinajstić information content (AvgIpc) is 3.17. The zero-order valence-corrected chi connectivity index (χ0v) is 13.1. The second kappa shape index (κ2) is 6.38. The molecular formula is C16H17FN4O3. The zero-order chi connectivity index (χ0) is 17.3. The van der Waals surface area contributed by atoms with E-state index in [-0.39, 0.29) is 11.5 Å². The van der Waals surface area contributed by atoms with E-state index < -0.39 is 17.9 Å². The number of likely N-dealkylation sites (tertiary alicyclic amines) is 1. The summed E-state index contributed by atoms with van der Waals surface area (Å²) in [5.74, 6) is -1.74. The van der Waals surface area contributed by atoms with Crippen LogP contribution in [0.4, 0.5) is 4.39 Å². The third-order valence-electron chi connectivity index (χ3n) is 4.23. The third-order valence-corrected chi connectivity index (χ3v) is 4.23. The summed E-state index contributed by atoms with van der Waals surface area (Å²) in [4.78, 5) is 25.2. The van der Waals surface area contributed by atoms with Crippen molar-refractivity contribution in [1.82, 2.24) is 19.9 Å². The Labute approximate surface area is 137 Å². The number of benzene rings is 1. The molecule has 1 aromatic carbocycles. The zero-order valence-electron chi connectivity index (χ0n) is 13.1. The standard InChI is InChI=1S/C16H17FN4O3/c1-10-14(15(22)20-8-2-3-13(20)16(23)24)18-19-21(10)9-11-4-6-12(17)7-5-11/h4-7,13H,2-3,8-9H2,1H3,(H,23,24)/t13-/m1/s1. The fourth-order valence-corrected chi connectivity index (χ4v) is 2.87. The van der Waals surface area contributed by atoms with E-state index in [1.54, 1.807) is 23.7 Å². The number of hydrogen-bond acceptors (Lipinski definition) is 4. The molecular weight excluding hydrogens is 315 g/mol. The molecule has 1 N–H and O–H groups in total. The first-order valence-electron chi connectivity index (χ1n) is 7.65. The quantitative estimate of drug-likeness (QED) is 0.916. The highest BCUT2D eigenvalue weighted by Gasteiger charge is 2.36. The van der Waals surface area contributed by atoms with Gasteiger partial charge in [0.2, 0.25) is 0 Å². The van der Waals surface area contributed by atoms with Crippen molar-refractivity contribution in [3.05, 3.63) is 47.0 Å². The molecule has 0 unspecified atom stereocenters. The normalized spacial score (nSPS) is 17.2. The summed E-state index contributed by atoms with van der Waals surface area (Å²) in [6, 6.07) is 5.18. The first kappa shape index (κ1) is 16.1. The number of rotatable bonds is 4. The van der Waals surface area contributed by atoms with Crippen LogP contribution < -0.4 is 0 Å². The van der Waals surface area contributed by atoms with Gasteiger partial charge >= 0.3 is 5.97 Å². The fourth-order valence-electron chi connectivity index (χ4n) is 2.87. The van der Waals surface area contributed by atoms with Crippen LogP contribution in [-0.2, 0) is 11.3 Å². The molecule has 24 heavy (non-hydrogen) atoms. The van der Waals surface area contributed by atoms with E-state index in [9.17, 15) is 19.1 Å². The molecule has 2 aromatic rings. The first-order chi connectivity index (χ1) is 11.5. The molecule has 0 aliphatic carbocycles. The lowest BCUT2D eigenvalue weighted by Crippen LogP contribution is -2.40. The predicted octanol–water partition coefficient (Wildman–Crippen LogP) is 1.46. The van der Waals surface area contributed by atoms with E-state index in [2.05, 4.69) is 10.3 Å². The van der Waals surface area contributed by atoms with Gasteiger partial charge < -0.3 is 10.0 Å². The summed E-state index contributed by atoms with van der Waals surface area (Å²) < 4.78 is 14.5. The summed E-state index contributed by atoms with van der Waals surface area (Å²) in [7, 11) is 0. The molecule has 0 spiro atoms. The topological polar surface area (TPSA) is 88.3 Å². The van der Waals surface area contributed by atoms with Crippen LogP contribution in [0.2, 0.25) is 0 Å². The van der Waals surface area contributed by atoms with Crippen LogP contribution in [0.15, 0.2) is 24.3 Å². The third kappa shape index (κ3) is 2.99. The summed E-state index contributed by atoms with van der Waals surface area (Å²) >= 11 is 0. The number of carbonyl (C=O) groups excluding carboxylic acids is 1. The van der Waals surface area contributed by atoms with Crippen molar-refractivity contribution < 1.29 is 19.1 Å². The van der Waals surface area contributed by atoms with Gasteiger partial charge in [0.1, 0.15) is 11.9 Å². The van der Waals surface area contributed by atoms with Crippen LogP contribution in [0, 0.1) is 12.7 Å². The molecule has 8 heteroatoms. The van der Waals surface area contributed by atoms with Gasteiger partial charge in [0, 0.05) is 6.54 Å². The molecule has 1 saturated heterocycles. The lowest BCUT2D eigenvalue weighted by Gasteiger charge is -2.20. The second-order valence-corrected chi connectivity index (χ2v) is 5.80. The molecule has 1 aliphatic rings. The molecule has 0 saturated carbocycles. The van der Waals surface area contributed by atoms with Crippen molar-refractivity contribution in [2.24, 2.45) is 0 Å². The predicted molar refractivity (Wildman–Crippen MR) is 82.0 cm³/mol. The first-order valence-corrected chi connectivity index (χ1v) is 7.65. The maximum Gasteiger partial charge on any atom is 0.326 e. The summed E-state index contributed by atoms with van der Waals surface area (Å²) in [5.41, 5.74) is 1.54. The molecule has 1 aromatic heterocycles. The van der Waals surface area contributed by atoms with Crippen LogP contribution in [0.5, 0.6) is 0 Å². The van der Waals surface area contributed by atoms with Gasteiger partial charge in [0.05, 0.1) is 12.2 Å². The van der Waals surface area contributed by atoms with Crippen molar-refractivity contribution >= 4 is 11.9 Å². The van der Waals surface area contributed by atoms with E-state index in [1.807, 2.05) is 0 Å². The van der Waals surface area contributed by atoms with Gasteiger partial charge in [-0.1, -0.05) is 17.3 Å². The molecule has 1 atom stereocenters. The average molecular weight is 332 g/mol. The van der Waals surface area contributed by atoms with E-state index in [0.717, 1.165) is 5.56 Å². The fraction of sp³-hybridized carbons (Fsp3) is 0.375. The molecule has 7 nitrogen and oxygen atoms in total. The smallest absolute Gasteiger partial charge is 0.326 e. The van der Waals surface area contributed by atoms with Crippen molar-refractivity contribution in [2.45, 2.75) is 32.4 Å². The SMILES string of the molecule is Cc1c(C(=O)N2CCC[C@@H]2C(=O)O)nnn1Cc1ccc(F)cc1. The molecule has 126 valence electrons. The Morgan fingerprint density at radius 2 is 2.04 bits per heavy atom. The number of halogens is 1. The summed E-state index contributed by atoms with van der Waals surface area (Å²) in [6.45, 7) is 2.47. The van der Waals surface area contributed by atoms with Gasteiger partial charge in [-0.2, -0.15) is 0 Å². The Bertz CT molecular complexity index is 772. The van der Waals surface area contributed by atoms with Crippen molar-refractivity contribution in [3.63, 3.8) is 0 Å². The van der Waals surface area contributed by atoms with Crippen LogP contribution in [0.25, 0.3) is 0 Å². The highest BCUT2D eigenvalue weighted by atomic mass is 19.1. The maximum atomic E-state index is 13.0. The minimum Gasteiger partial charge on any atom is -0.480 e. The van der Waals surface area contributed by atoms with E-state index >= 15 is 0 Å². The molecule has 0 radical (unpaired) electrons. The van der Waals surface area contributed by atoms with E-state index in [4.69, 9.17) is 0 Å². The summed E-state index contributed by atoms with van der Waals surface area (Å²) in [6.07, 6.45) is 1.11. The number of carboxylic acid groups (broad SMARTS) is 1. The van der Waals surface area contributed by atoms with Crippen LogP contribution >= 0.6 is 0 Å². The van der Waals surface area contributed by atoms with Gasteiger partial charge in [-0.3, -0.25) is 4.79 Å². The Kier molecular flexibility index (Phi) is 4.28. The molecule has 1 amide bonds. The number of aliphatic carboxylic acids is 1. The molecule has 2 heterocycles. The number of hydrogen-bond donors (Lipinski definition) is 1. The largest absolute Gasteiger partial charge is 0.480 e. The van der Waals surface area contributed by atoms with Crippen LogP contribution in [0.3, 0.4) is 0 Å². The lowest BCUT2D eigenvalue weighted by atomic mass is 10.2. The van der Waals surface area contributed by atoms with Gasteiger partial charge in [-0.05, 0) is 37.5 Å². The highest BCUT2D eigenvalue weighted by molar-refractivity contribution is 5.96. The van der Waals surface area contributed by atoms with Gasteiger partial charge in [-0.25, -0.2) is 13.9 Å². The van der Waals surface area contributed by atoms with E-state index in [0.29, 0.717) is 31.6 Å². The van der Waals surface area contributed by atoms with Gasteiger partial charge in [0.15, 0.2) is 5.69 Å². The summed E-state index contributed by atoms with van der Waals surface area (Å²) in [5, 5.41) is 17.1. The number of carboxylic acids is 1. The Hall–Kier alpha value is -2.77. The number of amides is 1.